The highest BCUT2D eigenvalue weighted by atomic mass is 35.5. The number of hydrogen-bond acceptors (Lipinski definition) is 4. The van der Waals surface area contributed by atoms with Crippen LogP contribution in [0.2, 0.25) is 5.02 Å². The summed E-state index contributed by atoms with van der Waals surface area (Å²) in [7, 11) is 1.55. The number of anilines is 1. The lowest BCUT2D eigenvalue weighted by Gasteiger charge is -2.17. The van der Waals surface area contributed by atoms with E-state index in [1.54, 1.807) is 37.4 Å². The molecule has 1 aliphatic heterocycles. The Labute approximate surface area is 190 Å². The minimum atomic E-state index is -0.366. The third kappa shape index (κ3) is 3.99. The third-order valence-electron chi connectivity index (χ3n) is 5.20. The van der Waals surface area contributed by atoms with Crippen LogP contribution < -0.4 is 9.64 Å². The van der Waals surface area contributed by atoms with Gasteiger partial charge in [-0.2, -0.15) is 0 Å². The average Bonchev–Trinajstić information content (AvgIpc) is 3.01. The predicted octanol–water partition coefficient (Wildman–Crippen LogP) is 6.04. The maximum atomic E-state index is 13.6. The zero-order valence-electron chi connectivity index (χ0n) is 17.3. The number of ether oxygens (including phenoxy) is 1. The number of nitrogens with zero attached hydrogens (tertiary/aromatic N) is 1. The second kappa shape index (κ2) is 8.61. The van der Waals surface area contributed by atoms with Crippen LogP contribution >= 0.6 is 23.4 Å². The molecule has 31 heavy (non-hydrogen) atoms. The monoisotopic (exact) mass is 449 g/mol. The summed E-state index contributed by atoms with van der Waals surface area (Å²) < 4.78 is 5.49. The second-order valence-corrected chi connectivity index (χ2v) is 8.69. The lowest BCUT2D eigenvalue weighted by atomic mass is 10.0. The van der Waals surface area contributed by atoms with Crippen molar-refractivity contribution in [2.45, 2.75) is 18.7 Å². The molecule has 0 saturated heterocycles. The molecule has 0 bridgehead atoms. The van der Waals surface area contributed by atoms with Crippen molar-refractivity contribution in [3.8, 4) is 5.75 Å². The molecule has 0 aromatic heterocycles. The molecule has 6 heteroatoms. The van der Waals surface area contributed by atoms with Gasteiger partial charge in [0.2, 0.25) is 0 Å². The van der Waals surface area contributed by atoms with E-state index in [9.17, 15) is 9.59 Å². The number of hydrogen-bond donors (Lipinski definition) is 0. The molecule has 0 radical (unpaired) electrons. The Morgan fingerprint density at radius 2 is 1.58 bits per heavy atom. The zero-order chi connectivity index (χ0) is 22.1. The predicted molar refractivity (Wildman–Crippen MR) is 126 cm³/mol. The fourth-order valence-electron chi connectivity index (χ4n) is 3.41. The van der Waals surface area contributed by atoms with Gasteiger partial charge in [0.15, 0.2) is 0 Å². The van der Waals surface area contributed by atoms with Gasteiger partial charge in [0.25, 0.3) is 11.8 Å². The van der Waals surface area contributed by atoms with Crippen molar-refractivity contribution >= 4 is 46.4 Å². The lowest BCUT2D eigenvalue weighted by Crippen LogP contribution is -2.31. The molecule has 2 amide bonds. The first-order valence-corrected chi connectivity index (χ1v) is 10.9. The highest BCUT2D eigenvalue weighted by molar-refractivity contribution is 8.04. The van der Waals surface area contributed by atoms with Crippen LogP contribution in [0.25, 0.3) is 5.57 Å². The van der Waals surface area contributed by atoms with Crippen molar-refractivity contribution in [2.75, 3.05) is 12.0 Å². The number of halogens is 1. The van der Waals surface area contributed by atoms with Crippen molar-refractivity contribution in [1.82, 2.24) is 0 Å². The highest BCUT2D eigenvalue weighted by Gasteiger charge is 2.41. The van der Waals surface area contributed by atoms with Gasteiger partial charge in [0.1, 0.15) is 5.75 Å². The molecule has 3 aromatic rings. The van der Waals surface area contributed by atoms with E-state index in [2.05, 4.69) is 0 Å². The summed E-state index contributed by atoms with van der Waals surface area (Å²) in [6.07, 6.45) is 0. The number of rotatable bonds is 5. The van der Waals surface area contributed by atoms with E-state index in [4.69, 9.17) is 16.3 Å². The van der Waals surface area contributed by atoms with Gasteiger partial charge >= 0.3 is 0 Å². The van der Waals surface area contributed by atoms with E-state index in [0.717, 1.165) is 16.0 Å². The van der Waals surface area contributed by atoms with Crippen molar-refractivity contribution < 1.29 is 14.3 Å². The molecule has 1 aliphatic rings. The quantitative estimate of drug-likeness (QED) is 0.445. The first kappa shape index (κ1) is 21.2. The first-order valence-electron chi connectivity index (χ1n) is 9.68. The van der Waals surface area contributed by atoms with E-state index in [1.165, 1.54) is 16.7 Å². The van der Waals surface area contributed by atoms with E-state index in [-0.39, 0.29) is 11.8 Å². The van der Waals surface area contributed by atoms with Crippen molar-refractivity contribution in [3.63, 3.8) is 0 Å². The molecule has 0 spiro atoms. The van der Waals surface area contributed by atoms with Crippen LogP contribution in [0.15, 0.2) is 76.5 Å². The number of carbonyl (C=O) groups is 2. The molecule has 4 rings (SSSR count). The largest absolute Gasteiger partial charge is 0.496 e. The normalized spacial score (nSPS) is 13.9. The van der Waals surface area contributed by atoms with E-state index >= 15 is 0 Å². The van der Waals surface area contributed by atoms with Crippen molar-refractivity contribution in [2.24, 2.45) is 0 Å². The molecule has 3 aromatic carbocycles. The molecule has 0 saturated carbocycles. The minimum absolute atomic E-state index is 0.334. The zero-order valence-corrected chi connectivity index (χ0v) is 18.9. The number of aryl methyl sites for hydroxylation is 2. The fraction of sp³-hybridized carbons (Fsp3) is 0.120. The Morgan fingerprint density at radius 1 is 0.871 bits per heavy atom. The van der Waals surface area contributed by atoms with Gasteiger partial charge in [-0.1, -0.05) is 47.6 Å². The SMILES string of the molecule is COc1ccccc1C1=C(Sc2ccc(Cl)cc2)C(=O)N(c2ccc(C)c(C)c2)C1=O. The lowest BCUT2D eigenvalue weighted by molar-refractivity contribution is -0.119. The Morgan fingerprint density at radius 3 is 2.26 bits per heavy atom. The number of amides is 2. The number of thioether (sulfide) groups is 1. The van der Waals surface area contributed by atoms with Crippen LogP contribution in [-0.2, 0) is 9.59 Å². The molecule has 4 nitrogen and oxygen atoms in total. The van der Waals surface area contributed by atoms with Crippen LogP contribution in [0.1, 0.15) is 16.7 Å². The Bertz CT molecular complexity index is 1220. The van der Waals surface area contributed by atoms with Gasteiger partial charge < -0.3 is 4.74 Å². The third-order valence-corrected chi connectivity index (χ3v) is 6.54. The summed E-state index contributed by atoms with van der Waals surface area (Å²) in [5, 5.41) is 0.605. The van der Waals surface area contributed by atoms with Crippen LogP contribution in [0.5, 0.6) is 5.75 Å². The number of para-hydroxylation sites is 1. The number of carbonyl (C=O) groups excluding carboxylic acids is 2. The number of benzene rings is 3. The Balaban J connectivity index is 1.86. The van der Waals surface area contributed by atoms with Gasteiger partial charge in [0, 0.05) is 15.5 Å². The summed E-state index contributed by atoms with van der Waals surface area (Å²) >= 11 is 7.26. The molecule has 0 unspecified atom stereocenters. The van der Waals surface area contributed by atoms with Crippen LogP contribution in [0, 0.1) is 13.8 Å². The molecule has 0 fully saturated rings. The number of imide groups is 1. The summed E-state index contributed by atoms with van der Waals surface area (Å²) in [5.74, 6) is -0.182. The van der Waals surface area contributed by atoms with Gasteiger partial charge in [-0.25, -0.2) is 4.90 Å². The van der Waals surface area contributed by atoms with E-state index in [0.29, 0.717) is 32.5 Å². The minimum Gasteiger partial charge on any atom is -0.496 e. The smallest absolute Gasteiger partial charge is 0.272 e. The van der Waals surface area contributed by atoms with Gasteiger partial charge in [-0.05, 0) is 67.4 Å². The summed E-state index contributed by atoms with van der Waals surface area (Å²) in [6, 6.07) is 20.0. The summed E-state index contributed by atoms with van der Waals surface area (Å²) in [4.78, 5) is 29.5. The maximum absolute atomic E-state index is 13.6. The van der Waals surface area contributed by atoms with Crippen molar-refractivity contribution in [1.29, 1.82) is 0 Å². The van der Waals surface area contributed by atoms with Crippen molar-refractivity contribution in [3.05, 3.63) is 93.3 Å². The number of methoxy groups -OCH3 is 1. The second-order valence-electron chi connectivity index (χ2n) is 7.17. The molecule has 0 N–H and O–H groups in total. The molecular weight excluding hydrogens is 430 g/mol. The highest BCUT2D eigenvalue weighted by Crippen LogP contribution is 2.43. The van der Waals surface area contributed by atoms with Gasteiger partial charge in [-0.15, -0.1) is 0 Å². The Kier molecular flexibility index (Phi) is 5.90. The van der Waals surface area contributed by atoms with Crippen LogP contribution in [0.3, 0.4) is 0 Å². The van der Waals surface area contributed by atoms with Gasteiger partial charge in [-0.3, -0.25) is 9.59 Å². The van der Waals surface area contributed by atoms with E-state index < -0.39 is 0 Å². The van der Waals surface area contributed by atoms with Gasteiger partial charge in [0.05, 0.1) is 23.3 Å². The van der Waals surface area contributed by atoms with Crippen LogP contribution in [-0.4, -0.2) is 18.9 Å². The molecular formula is C25H20ClNO3S. The summed E-state index contributed by atoms with van der Waals surface area (Å²) in [6.45, 7) is 3.95. The molecule has 0 aliphatic carbocycles. The standard InChI is InChI=1S/C25H20ClNO3S/c1-15-8-11-18(14-16(15)2)27-24(28)22(20-6-4-5-7-21(20)30-3)23(25(27)29)31-19-12-9-17(26)10-13-19/h4-14H,1-3H3. The molecule has 1 heterocycles. The van der Waals surface area contributed by atoms with E-state index in [1.807, 2.05) is 50.2 Å². The summed E-state index contributed by atoms with van der Waals surface area (Å²) in [5.41, 5.74) is 3.58. The molecule has 0 atom stereocenters. The topological polar surface area (TPSA) is 46.6 Å². The fourth-order valence-corrected chi connectivity index (χ4v) is 4.52. The Hall–Kier alpha value is -3.02. The van der Waals surface area contributed by atoms with Crippen LogP contribution in [0.4, 0.5) is 5.69 Å². The maximum Gasteiger partial charge on any atom is 0.272 e. The average molecular weight is 450 g/mol. The molecule has 156 valence electrons. The first-order chi connectivity index (χ1) is 14.9.